The van der Waals surface area contributed by atoms with Crippen molar-refractivity contribution in [3.8, 4) is 5.75 Å². The summed E-state index contributed by atoms with van der Waals surface area (Å²) in [5.74, 6) is 3.02. The molecular formula is C22H36O. The van der Waals surface area contributed by atoms with Crippen molar-refractivity contribution in [1.29, 1.82) is 0 Å². The Labute approximate surface area is 143 Å². The second kappa shape index (κ2) is 10.7. The fourth-order valence-corrected chi connectivity index (χ4v) is 3.88. The van der Waals surface area contributed by atoms with Gasteiger partial charge >= 0.3 is 0 Å². The summed E-state index contributed by atoms with van der Waals surface area (Å²) < 4.78 is 5.88. The zero-order chi connectivity index (χ0) is 16.3. The number of rotatable bonds is 10. The van der Waals surface area contributed by atoms with Crippen LogP contribution < -0.4 is 4.74 Å². The molecule has 0 radical (unpaired) electrons. The van der Waals surface area contributed by atoms with Gasteiger partial charge in [-0.2, -0.15) is 0 Å². The summed E-state index contributed by atoms with van der Waals surface area (Å²) >= 11 is 0. The van der Waals surface area contributed by atoms with E-state index in [2.05, 4.69) is 38.1 Å². The number of unbranched alkanes of at least 4 members (excludes halogenated alkanes) is 2. The van der Waals surface area contributed by atoms with Gasteiger partial charge in [0.1, 0.15) is 5.75 Å². The minimum Gasteiger partial charge on any atom is -0.494 e. The number of ether oxygens (including phenoxy) is 1. The van der Waals surface area contributed by atoms with Crippen LogP contribution in [0.5, 0.6) is 5.75 Å². The van der Waals surface area contributed by atoms with Gasteiger partial charge in [-0.15, -0.1) is 0 Å². The third-order valence-electron chi connectivity index (χ3n) is 5.54. The summed E-state index contributed by atoms with van der Waals surface area (Å²) in [4.78, 5) is 0. The van der Waals surface area contributed by atoms with Crippen LogP contribution in [0.4, 0.5) is 0 Å². The lowest BCUT2D eigenvalue weighted by Gasteiger charge is -2.28. The standard InChI is InChI=1S/C22H36O/c1-3-5-6-8-20-10-12-21(13-11-20)9-7-18-23-22-16-14-19(4-2)15-17-22/h14-17,20-21H,3-13,18H2,1-2H3/t20-,21-. The molecule has 1 aromatic rings. The summed E-state index contributed by atoms with van der Waals surface area (Å²) in [6.07, 6.45) is 15.3. The fraction of sp³-hybridized carbons (Fsp3) is 0.727. The van der Waals surface area contributed by atoms with E-state index in [1.54, 1.807) is 0 Å². The van der Waals surface area contributed by atoms with Crippen molar-refractivity contribution in [3.63, 3.8) is 0 Å². The first kappa shape index (κ1) is 18.4. The molecule has 23 heavy (non-hydrogen) atoms. The van der Waals surface area contributed by atoms with Crippen LogP contribution in [-0.4, -0.2) is 6.61 Å². The van der Waals surface area contributed by atoms with E-state index < -0.39 is 0 Å². The molecule has 1 fully saturated rings. The van der Waals surface area contributed by atoms with Crippen LogP contribution in [0.25, 0.3) is 0 Å². The van der Waals surface area contributed by atoms with Gasteiger partial charge in [-0.25, -0.2) is 0 Å². The average molecular weight is 317 g/mol. The Bertz CT molecular complexity index is 400. The van der Waals surface area contributed by atoms with Crippen LogP contribution in [0.2, 0.25) is 0 Å². The molecule has 0 bridgehead atoms. The van der Waals surface area contributed by atoms with Gasteiger partial charge in [0.25, 0.3) is 0 Å². The van der Waals surface area contributed by atoms with Crippen molar-refractivity contribution in [1.82, 2.24) is 0 Å². The third kappa shape index (κ3) is 6.97. The molecule has 1 aromatic carbocycles. The molecule has 0 saturated heterocycles. The summed E-state index contributed by atoms with van der Waals surface area (Å²) in [6.45, 7) is 5.37. The largest absolute Gasteiger partial charge is 0.494 e. The highest BCUT2D eigenvalue weighted by Crippen LogP contribution is 2.34. The van der Waals surface area contributed by atoms with Crippen LogP contribution in [0.15, 0.2) is 24.3 Å². The maximum absolute atomic E-state index is 5.88. The normalized spacial score (nSPS) is 21.3. The molecule has 1 nitrogen and oxygen atoms in total. The van der Waals surface area contributed by atoms with Gasteiger partial charge in [0.05, 0.1) is 6.61 Å². The smallest absolute Gasteiger partial charge is 0.119 e. The molecule has 1 heteroatoms. The van der Waals surface area contributed by atoms with E-state index in [1.165, 1.54) is 69.8 Å². The van der Waals surface area contributed by atoms with E-state index in [4.69, 9.17) is 4.74 Å². The quantitative estimate of drug-likeness (QED) is 0.431. The number of hydrogen-bond donors (Lipinski definition) is 0. The molecule has 2 rings (SSSR count). The predicted octanol–water partition coefficient (Wildman–Crippen LogP) is 6.79. The highest BCUT2D eigenvalue weighted by Gasteiger charge is 2.20. The minimum absolute atomic E-state index is 0.877. The lowest BCUT2D eigenvalue weighted by atomic mass is 9.78. The summed E-state index contributed by atoms with van der Waals surface area (Å²) in [7, 11) is 0. The first-order valence-corrected chi connectivity index (χ1v) is 10.0. The number of benzene rings is 1. The van der Waals surface area contributed by atoms with Crippen molar-refractivity contribution >= 4 is 0 Å². The molecule has 0 heterocycles. The van der Waals surface area contributed by atoms with Crippen molar-refractivity contribution in [2.45, 2.75) is 84.5 Å². The Morgan fingerprint density at radius 1 is 0.826 bits per heavy atom. The molecule has 130 valence electrons. The summed E-state index contributed by atoms with van der Waals surface area (Å²) in [5, 5.41) is 0. The maximum atomic E-state index is 5.88. The maximum Gasteiger partial charge on any atom is 0.119 e. The van der Waals surface area contributed by atoms with Gasteiger partial charge in [-0.05, 0) is 48.8 Å². The van der Waals surface area contributed by atoms with E-state index in [0.717, 1.165) is 30.6 Å². The van der Waals surface area contributed by atoms with Crippen molar-refractivity contribution in [2.75, 3.05) is 6.61 Å². The summed E-state index contributed by atoms with van der Waals surface area (Å²) in [6, 6.07) is 8.57. The fourth-order valence-electron chi connectivity index (χ4n) is 3.88. The Morgan fingerprint density at radius 3 is 2.00 bits per heavy atom. The lowest BCUT2D eigenvalue weighted by Crippen LogP contribution is -2.15. The van der Waals surface area contributed by atoms with Crippen LogP contribution >= 0.6 is 0 Å². The van der Waals surface area contributed by atoms with Gasteiger partial charge in [0.2, 0.25) is 0 Å². The molecule has 1 aliphatic rings. The minimum atomic E-state index is 0.877. The van der Waals surface area contributed by atoms with E-state index >= 15 is 0 Å². The Balaban J connectivity index is 1.53. The van der Waals surface area contributed by atoms with Crippen molar-refractivity contribution < 1.29 is 4.74 Å². The molecule has 0 amide bonds. The van der Waals surface area contributed by atoms with E-state index in [1.807, 2.05) is 0 Å². The monoisotopic (exact) mass is 316 g/mol. The summed E-state index contributed by atoms with van der Waals surface area (Å²) in [5.41, 5.74) is 1.38. The van der Waals surface area contributed by atoms with Gasteiger partial charge in [0, 0.05) is 0 Å². The van der Waals surface area contributed by atoms with Crippen LogP contribution in [0.1, 0.15) is 83.6 Å². The predicted molar refractivity (Wildman–Crippen MR) is 100 cm³/mol. The average Bonchev–Trinajstić information content (AvgIpc) is 2.61. The van der Waals surface area contributed by atoms with Gasteiger partial charge in [-0.3, -0.25) is 0 Å². The Hall–Kier alpha value is -0.980. The zero-order valence-corrected chi connectivity index (χ0v) is 15.4. The lowest BCUT2D eigenvalue weighted by molar-refractivity contribution is 0.228. The van der Waals surface area contributed by atoms with Gasteiger partial charge in [0.15, 0.2) is 0 Å². The first-order chi connectivity index (χ1) is 11.3. The van der Waals surface area contributed by atoms with E-state index in [-0.39, 0.29) is 0 Å². The van der Waals surface area contributed by atoms with Crippen molar-refractivity contribution in [3.05, 3.63) is 29.8 Å². The highest BCUT2D eigenvalue weighted by atomic mass is 16.5. The molecule has 0 aromatic heterocycles. The topological polar surface area (TPSA) is 9.23 Å². The van der Waals surface area contributed by atoms with E-state index in [0.29, 0.717) is 0 Å². The number of hydrogen-bond acceptors (Lipinski definition) is 1. The second-order valence-electron chi connectivity index (χ2n) is 7.37. The van der Waals surface area contributed by atoms with Crippen molar-refractivity contribution in [2.24, 2.45) is 11.8 Å². The molecule has 1 saturated carbocycles. The van der Waals surface area contributed by atoms with E-state index in [9.17, 15) is 0 Å². The first-order valence-electron chi connectivity index (χ1n) is 10.0. The van der Waals surface area contributed by atoms with Gasteiger partial charge in [-0.1, -0.05) is 77.3 Å². The molecule has 0 atom stereocenters. The second-order valence-corrected chi connectivity index (χ2v) is 7.37. The SMILES string of the molecule is CCCCC[C@H]1CC[C@H](CCCOc2ccc(CC)cc2)CC1. The van der Waals surface area contributed by atoms with Gasteiger partial charge < -0.3 is 4.74 Å². The number of aryl methyl sites for hydroxylation is 1. The third-order valence-corrected chi connectivity index (χ3v) is 5.54. The molecule has 0 unspecified atom stereocenters. The molecule has 0 aliphatic heterocycles. The Morgan fingerprint density at radius 2 is 1.43 bits per heavy atom. The molecule has 0 N–H and O–H groups in total. The molecule has 0 spiro atoms. The molecular weight excluding hydrogens is 280 g/mol. The zero-order valence-electron chi connectivity index (χ0n) is 15.4. The van der Waals surface area contributed by atoms with Crippen LogP contribution in [0, 0.1) is 11.8 Å². The molecule has 1 aliphatic carbocycles. The van der Waals surface area contributed by atoms with Crippen LogP contribution in [-0.2, 0) is 6.42 Å². The van der Waals surface area contributed by atoms with Crippen LogP contribution in [0.3, 0.4) is 0 Å². The highest BCUT2D eigenvalue weighted by molar-refractivity contribution is 5.27. The Kier molecular flexibility index (Phi) is 8.57.